The molecule has 4 aromatic rings. The average molecular weight is 374 g/mol. The standard InChI is InChI=1S/C21H12ClN3O2/c22-14-7-5-12(6-8-14)15-10-18(25-20(24)17(15)11-23)16-9-13-3-1-2-4-19(13)27-21(16)26/h1-10H,(H2,24,25). The highest BCUT2D eigenvalue weighted by molar-refractivity contribution is 6.30. The number of nitrogen functional groups attached to an aromatic ring is 1. The highest BCUT2D eigenvalue weighted by atomic mass is 35.5. The van der Waals surface area contributed by atoms with Gasteiger partial charge < -0.3 is 10.2 Å². The van der Waals surface area contributed by atoms with Crippen LogP contribution in [-0.2, 0) is 0 Å². The molecule has 0 spiro atoms. The van der Waals surface area contributed by atoms with Crippen LogP contribution in [0.15, 0.2) is 69.9 Å². The lowest BCUT2D eigenvalue weighted by molar-refractivity contribution is 0.563. The molecule has 0 aliphatic rings. The van der Waals surface area contributed by atoms with Crippen LogP contribution in [0.5, 0.6) is 0 Å². The Kier molecular flexibility index (Phi) is 4.11. The third kappa shape index (κ3) is 3.03. The topological polar surface area (TPSA) is 92.9 Å². The molecule has 0 bridgehead atoms. The molecule has 2 heterocycles. The lowest BCUT2D eigenvalue weighted by atomic mass is 9.98. The Balaban J connectivity index is 1.97. The Morgan fingerprint density at radius 3 is 2.52 bits per heavy atom. The molecule has 2 aromatic carbocycles. The number of benzene rings is 2. The molecular weight excluding hydrogens is 362 g/mol. The van der Waals surface area contributed by atoms with E-state index in [4.69, 9.17) is 21.8 Å². The van der Waals surface area contributed by atoms with Crippen LogP contribution in [0, 0.1) is 11.3 Å². The van der Waals surface area contributed by atoms with E-state index in [9.17, 15) is 10.1 Å². The summed E-state index contributed by atoms with van der Waals surface area (Å²) in [4.78, 5) is 16.7. The van der Waals surface area contributed by atoms with Crippen molar-refractivity contribution in [2.75, 3.05) is 5.73 Å². The van der Waals surface area contributed by atoms with Crippen molar-refractivity contribution in [2.24, 2.45) is 0 Å². The van der Waals surface area contributed by atoms with E-state index in [1.807, 2.05) is 12.1 Å². The lowest BCUT2D eigenvalue weighted by Crippen LogP contribution is -2.06. The fourth-order valence-corrected chi connectivity index (χ4v) is 3.04. The number of aromatic nitrogens is 1. The Labute approximate surface area is 159 Å². The molecule has 0 saturated heterocycles. The maximum atomic E-state index is 12.5. The van der Waals surface area contributed by atoms with Gasteiger partial charge in [0.1, 0.15) is 23.0 Å². The molecule has 0 aliphatic heterocycles. The zero-order chi connectivity index (χ0) is 19.0. The number of rotatable bonds is 2. The number of pyridine rings is 1. The Bertz CT molecular complexity index is 1270. The van der Waals surface area contributed by atoms with E-state index in [-0.39, 0.29) is 16.9 Å². The molecule has 0 saturated carbocycles. The molecule has 5 nitrogen and oxygen atoms in total. The van der Waals surface area contributed by atoms with Crippen LogP contribution in [-0.4, -0.2) is 4.98 Å². The van der Waals surface area contributed by atoms with Gasteiger partial charge >= 0.3 is 5.63 Å². The molecule has 0 unspecified atom stereocenters. The molecule has 0 fully saturated rings. The minimum Gasteiger partial charge on any atom is -0.422 e. The first kappa shape index (κ1) is 16.8. The van der Waals surface area contributed by atoms with Gasteiger partial charge in [-0.25, -0.2) is 9.78 Å². The van der Waals surface area contributed by atoms with Crippen molar-refractivity contribution >= 4 is 28.4 Å². The fraction of sp³-hybridized carbons (Fsp3) is 0. The van der Waals surface area contributed by atoms with E-state index in [0.717, 1.165) is 10.9 Å². The molecule has 130 valence electrons. The minimum atomic E-state index is -0.521. The van der Waals surface area contributed by atoms with Crippen molar-refractivity contribution < 1.29 is 4.42 Å². The first-order valence-electron chi connectivity index (χ1n) is 8.06. The largest absolute Gasteiger partial charge is 0.422 e. The summed E-state index contributed by atoms with van der Waals surface area (Å²) in [5.41, 5.74) is 8.16. The van der Waals surface area contributed by atoms with Crippen LogP contribution < -0.4 is 11.4 Å². The van der Waals surface area contributed by atoms with Gasteiger partial charge in [0.15, 0.2) is 0 Å². The number of hydrogen-bond acceptors (Lipinski definition) is 5. The van der Waals surface area contributed by atoms with Crippen LogP contribution in [0.1, 0.15) is 5.56 Å². The normalized spacial score (nSPS) is 10.7. The SMILES string of the molecule is N#Cc1c(-c2ccc(Cl)cc2)cc(-c2cc3ccccc3oc2=O)nc1N. The summed E-state index contributed by atoms with van der Waals surface area (Å²) in [5.74, 6) is 0.0486. The van der Waals surface area contributed by atoms with E-state index in [2.05, 4.69) is 11.1 Å². The minimum absolute atomic E-state index is 0.0486. The smallest absolute Gasteiger partial charge is 0.345 e. The third-order valence-electron chi connectivity index (χ3n) is 4.23. The van der Waals surface area contributed by atoms with E-state index < -0.39 is 5.63 Å². The average Bonchev–Trinajstić information content (AvgIpc) is 2.67. The van der Waals surface area contributed by atoms with E-state index in [1.165, 1.54) is 0 Å². The molecule has 0 atom stereocenters. The molecule has 0 amide bonds. The molecule has 6 heteroatoms. The predicted octanol–water partition coefficient (Wildman–Crippen LogP) is 4.63. The zero-order valence-corrected chi connectivity index (χ0v) is 14.7. The number of nitrogens with two attached hydrogens (primary N) is 1. The summed E-state index contributed by atoms with van der Waals surface area (Å²) < 4.78 is 5.39. The Morgan fingerprint density at radius 1 is 1.04 bits per heavy atom. The second kappa shape index (κ2) is 6.60. The van der Waals surface area contributed by atoms with Crippen molar-refractivity contribution in [3.05, 3.63) is 81.7 Å². The van der Waals surface area contributed by atoms with Gasteiger partial charge in [0.25, 0.3) is 0 Å². The van der Waals surface area contributed by atoms with Gasteiger partial charge in [-0.3, -0.25) is 0 Å². The Hall–Kier alpha value is -3.62. The molecule has 2 N–H and O–H groups in total. The van der Waals surface area contributed by atoms with Crippen molar-refractivity contribution in [3.63, 3.8) is 0 Å². The number of hydrogen-bond donors (Lipinski definition) is 1. The lowest BCUT2D eigenvalue weighted by Gasteiger charge is -2.10. The van der Waals surface area contributed by atoms with Crippen LogP contribution in [0.3, 0.4) is 0 Å². The fourth-order valence-electron chi connectivity index (χ4n) is 2.92. The van der Waals surface area contributed by atoms with E-state index in [0.29, 0.717) is 21.9 Å². The summed E-state index contributed by atoms with van der Waals surface area (Å²) in [5, 5.41) is 10.8. The molecule has 2 aromatic heterocycles. The van der Waals surface area contributed by atoms with Gasteiger partial charge in [-0.1, -0.05) is 41.9 Å². The second-order valence-electron chi connectivity index (χ2n) is 5.92. The van der Waals surface area contributed by atoms with Crippen LogP contribution in [0.4, 0.5) is 5.82 Å². The summed E-state index contributed by atoms with van der Waals surface area (Å²) in [6, 6.07) is 19.7. The predicted molar refractivity (Wildman–Crippen MR) is 105 cm³/mol. The van der Waals surface area contributed by atoms with Crippen molar-refractivity contribution in [1.29, 1.82) is 5.26 Å². The molecule has 27 heavy (non-hydrogen) atoms. The number of nitrogens with zero attached hydrogens (tertiary/aromatic N) is 2. The summed E-state index contributed by atoms with van der Waals surface area (Å²) in [7, 11) is 0. The van der Waals surface area contributed by atoms with Crippen LogP contribution in [0.2, 0.25) is 5.02 Å². The first-order valence-corrected chi connectivity index (χ1v) is 8.44. The van der Waals surface area contributed by atoms with E-state index in [1.54, 1.807) is 48.5 Å². The molecule has 0 radical (unpaired) electrons. The van der Waals surface area contributed by atoms with Crippen LogP contribution in [0.25, 0.3) is 33.4 Å². The molecular formula is C21H12ClN3O2. The van der Waals surface area contributed by atoms with Gasteiger partial charge in [0, 0.05) is 16.0 Å². The monoisotopic (exact) mass is 373 g/mol. The number of halogens is 1. The van der Waals surface area contributed by atoms with E-state index >= 15 is 0 Å². The maximum Gasteiger partial charge on any atom is 0.345 e. The highest BCUT2D eigenvalue weighted by Crippen LogP contribution is 2.31. The van der Waals surface area contributed by atoms with Gasteiger partial charge in [-0.05, 0) is 35.9 Å². The summed E-state index contributed by atoms with van der Waals surface area (Å²) in [6.07, 6.45) is 0. The number of nitriles is 1. The molecule has 4 rings (SSSR count). The highest BCUT2D eigenvalue weighted by Gasteiger charge is 2.16. The van der Waals surface area contributed by atoms with Crippen molar-refractivity contribution in [3.8, 4) is 28.5 Å². The number of anilines is 1. The first-order chi connectivity index (χ1) is 13.1. The van der Waals surface area contributed by atoms with Gasteiger partial charge in [0.05, 0.1) is 11.3 Å². The quantitative estimate of drug-likeness (QED) is 0.517. The third-order valence-corrected chi connectivity index (χ3v) is 4.48. The molecule has 0 aliphatic carbocycles. The maximum absolute atomic E-state index is 12.5. The number of para-hydroxylation sites is 1. The summed E-state index contributed by atoms with van der Waals surface area (Å²) >= 11 is 5.95. The van der Waals surface area contributed by atoms with Gasteiger partial charge in [-0.2, -0.15) is 5.26 Å². The zero-order valence-electron chi connectivity index (χ0n) is 13.9. The van der Waals surface area contributed by atoms with Crippen molar-refractivity contribution in [1.82, 2.24) is 4.98 Å². The van der Waals surface area contributed by atoms with Gasteiger partial charge in [-0.15, -0.1) is 0 Å². The second-order valence-corrected chi connectivity index (χ2v) is 6.36. The van der Waals surface area contributed by atoms with Gasteiger partial charge in [0.2, 0.25) is 0 Å². The number of fused-ring (bicyclic) bond motifs is 1. The Morgan fingerprint density at radius 2 is 1.78 bits per heavy atom. The van der Waals surface area contributed by atoms with Crippen LogP contribution >= 0.6 is 11.6 Å². The van der Waals surface area contributed by atoms with Crippen molar-refractivity contribution in [2.45, 2.75) is 0 Å². The summed E-state index contributed by atoms with van der Waals surface area (Å²) in [6.45, 7) is 0.